The van der Waals surface area contributed by atoms with E-state index < -0.39 is 10.0 Å². The van der Waals surface area contributed by atoms with Gasteiger partial charge in [0.1, 0.15) is 0 Å². The molecule has 1 aromatic rings. The minimum Gasteiger partial charge on any atom is -0.399 e. The molecule has 1 heterocycles. The molecular formula is C12H18N2O2S3. The van der Waals surface area contributed by atoms with Crippen molar-refractivity contribution in [2.45, 2.75) is 17.1 Å². The van der Waals surface area contributed by atoms with Gasteiger partial charge in [-0.3, -0.25) is 0 Å². The zero-order valence-electron chi connectivity index (χ0n) is 10.8. The second-order valence-electron chi connectivity index (χ2n) is 4.44. The van der Waals surface area contributed by atoms with Gasteiger partial charge in [0.15, 0.2) is 0 Å². The second-order valence-corrected chi connectivity index (χ2v) is 8.74. The summed E-state index contributed by atoms with van der Waals surface area (Å²) in [5.41, 5.74) is 6.84. The van der Waals surface area contributed by atoms with Gasteiger partial charge >= 0.3 is 0 Å². The zero-order valence-corrected chi connectivity index (χ0v) is 13.2. The smallest absolute Gasteiger partial charge is 0.240 e. The van der Waals surface area contributed by atoms with Gasteiger partial charge in [-0.25, -0.2) is 13.1 Å². The molecule has 2 rings (SSSR count). The number of nitrogens with one attached hydrogen (secondary N) is 1. The summed E-state index contributed by atoms with van der Waals surface area (Å²) in [4.78, 5) is 0.279. The molecule has 0 amide bonds. The molecule has 3 N–H and O–H groups in total. The van der Waals surface area contributed by atoms with Crippen LogP contribution < -0.4 is 10.5 Å². The van der Waals surface area contributed by atoms with Crippen molar-refractivity contribution in [1.29, 1.82) is 0 Å². The maximum Gasteiger partial charge on any atom is 0.240 e. The van der Waals surface area contributed by atoms with Crippen molar-refractivity contribution in [2.24, 2.45) is 0 Å². The Morgan fingerprint density at radius 2 is 2.21 bits per heavy atom. The summed E-state index contributed by atoms with van der Waals surface area (Å²) in [7, 11) is -3.47. The Balaban J connectivity index is 2.07. The minimum atomic E-state index is -3.47. The Morgan fingerprint density at radius 3 is 2.89 bits per heavy atom. The first-order chi connectivity index (χ1) is 8.99. The third-order valence-electron chi connectivity index (χ3n) is 2.89. The average molecular weight is 318 g/mol. The van der Waals surface area contributed by atoms with Crippen molar-refractivity contribution in [3.63, 3.8) is 0 Å². The summed E-state index contributed by atoms with van der Waals surface area (Å²) in [5, 5.41) is 0.356. The molecule has 19 heavy (non-hydrogen) atoms. The van der Waals surface area contributed by atoms with Gasteiger partial charge < -0.3 is 5.73 Å². The van der Waals surface area contributed by atoms with Crippen LogP contribution in [0.5, 0.6) is 0 Å². The highest BCUT2D eigenvalue weighted by molar-refractivity contribution is 8.06. The fourth-order valence-electron chi connectivity index (χ4n) is 1.84. The quantitative estimate of drug-likeness (QED) is 0.827. The molecule has 7 heteroatoms. The number of nitrogens with two attached hydrogens (primary N) is 1. The number of thioether (sulfide) groups is 2. The van der Waals surface area contributed by atoms with Gasteiger partial charge in [0.2, 0.25) is 10.0 Å². The van der Waals surface area contributed by atoms with Crippen molar-refractivity contribution >= 4 is 39.2 Å². The number of anilines is 1. The van der Waals surface area contributed by atoms with E-state index in [1.165, 1.54) is 6.07 Å². The predicted octanol–water partition coefficient (Wildman–Crippen LogP) is 1.70. The Bertz CT molecular complexity index is 540. The van der Waals surface area contributed by atoms with Crippen LogP contribution in [0.2, 0.25) is 0 Å². The van der Waals surface area contributed by atoms with Crippen LogP contribution in [0.4, 0.5) is 5.69 Å². The van der Waals surface area contributed by atoms with E-state index in [4.69, 9.17) is 5.73 Å². The molecule has 1 aliphatic rings. The summed E-state index contributed by atoms with van der Waals surface area (Å²) in [5.74, 6) is 3.25. The number of rotatable bonds is 4. The highest BCUT2D eigenvalue weighted by Gasteiger charge is 2.20. The first kappa shape index (κ1) is 15.0. The van der Waals surface area contributed by atoms with E-state index in [0.717, 1.165) is 17.3 Å². The molecule has 1 unspecified atom stereocenters. The van der Waals surface area contributed by atoms with E-state index in [2.05, 4.69) is 4.72 Å². The van der Waals surface area contributed by atoms with Crippen molar-refractivity contribution in [2.75, 3.05) is 29.5 Å². The standard InChI is InChI=1S/C12H18N2O2S3/c1-9-2-3-10(13)6-12(9)19(15,16)14-7-11-8-17-4-5-18-11/h2-3,6,11,14H,4-5,7-8,13H2,1H3. The maximum atomic E-state index is 12.3. The molecular weight excluding hydrogens is 300 g/mol. The Kier molecular flexibility index (Phi) is 5.05. The summed E-state index contributed by atoms with van der Waals surface area (Å²) in [6, 6.07) is 4.96. The summed E-state index contributed by atoms with van der Waals surface area (Å²) in [6.07, 6.45) is 0. The lowest BCUT2D eigenvalue weighted by Gasteiger charge is -2.21. The highest BCUT2D eigenvalue weighted by Crippen LogP contribution is 2.24. The van der Waals surface area contributed by atoms with Crippen LogP contribution >= 0.6 is 23.5 Å². The van der Waals surface area contributed by atoms with Crippen molar-refractivity contribution in [1.82, 2.24) is 4.72 Å². The molecule has 0 spiro atoms. The second kappa shape index (κ2) is 6.39. The number of hydrogen-bond acceptors (Lipinski definition) is 5. The molecule has 0 aliphatic carbocycles. The van der Waals surface area contributed by atoms with Gasteiger partial charge in [-0.2, -0.15) is 23.5 Å². The molecule has 0 aromatic heterocycles. The Hall–Kier alpha value is -0.370. The molecule has 0 bridgehead atoms. The first-order valence-corrected chi connectivity index (χ1v) is 9.73. The number of benzene rings is 1. The van der Waals surface area contributed by atoms with E-state index in [1.807, 2.05) is 23.5 Å². The van der Waals surface area contributed by atoms with Gasteiger partial charge in [-0.05, 0) is 24.6 Å². The van der Waals surface area contributed by atoms with Gasteiger partial charge in [-0.15, -0.1) is 0 Å². The zero-order chi connectivity index (χ0) is 13.9. The average Bonchev–Trinajstić information content (AvgIpc) is 2.40. The van der Waals surface area contributed by atoms with E-state index in [0.29, 0.717) is 23.0 Å². The van der Waals surface area contributed by atoms with Crippen molar-refractivity contribution in [3.05, 3.63) is 23.8 Å². The number of hydrogen-bond donors (Lipinski definition) is 2. The van der Waals surface area contributed by atoms with E-state index in [9.17, 15) is 8.42 Å². The van der Waals surface area contributed by atoms with Crippen molar-refractivity contribution in [3.8, 4) is 0 Å². The summed E-state index contributed by atoms with van der Waals surface area (Å²) >= 11 is 3.71. The van der Waals surface area contributed by atoms with Gasteiger partial charge in [0.05, 0.1) is 4.90 Å². The van der Waals surface area contributed by atoms with E-state index in [1.54, 1.807) is 19.1 Å². The summed E-state index contributed by atoms with van der Waals surface area (Å²) < 4.78 is 27.2. The molecule has 0 radical (unpaired) electrons. The number of sulfonamides is 1. The molecule has 0 saturated carbocycles. The van der Waals surface area contributed by atoms with E-state index >= 15 is 0 Å². The third-order valence-corrected chi connectivity index (χ3v) is 7.30. The molecule has 1 fully saturated rings. The molecule has 1 aliphatic heterocycles. The topological polar surface area (TPSA) is 72.2 Å². The van der Waals surface area contributed by atoms with Crippen LogP contribution in [0, 0.1) is 6.92 Å². The third kappa shape index (κ3) is 4.05. The van der Waals surface area contributed by atoms with Crippen LogP contribution in [0.25, 0.3) is 0 Å². The van der Waals surface area contributed by atoms with Gasteiger partial charge in [0.25, 0.3) is 0 Å². The minimum absolute atomic E-state index is 0.279. The van der Waals surface area contributed by atoms with Crippen LogP contribution in [0.3, 0.4) is 0 Å². The molecule has 106 valence electrons. The largest absolute Gasteiger partial charge is 0.399 e. The van der Waals surface area contributed by atoms with Crippen LogP contribution in [0.1, 0.15) is 5.56 Å². The lowest BCUT2D eigenvalue weighted by Crippen LogP contribution is -2.33. The number of nitrogen functional groups attached to an aromatic ring is 1. The maximum absolute atomic E-state index is 12.3. The molecule has 1 atom stereocenters. The van der Waals surface area contributed by atoms with E-state index in [-0.39, 0.29) is 4.90 Å². The lowest BCUT2D eigenvalue weighted by atomic mass is 10.2. The molecule has 1 aromatic carbocycles. The van der Waals surface area contributed by atoms with Crippen molar-refractivity contribution < 1.29 is 8.42 Å². The fourth-order valence-corrected chi connectivity index (χ4v) is 5.92. The molecule has 1 saturated heterocycles. The van der Waals surface area contributed by atoms with Crippen LogP contribution in [0.15, 0.2) is 23.1 Å². The Morgan fingerprint density at radius 1 is 1.42 bits per heavy atom. The highest BCUT2D eigenvalue weighted by atomic mass is 32.2. The summed E-state index contributed by atoms with van der Waals surface area (Å²) in [6.45, 7) is 2.26. The SMILES string of the molecule is Cc1ccc(N)cc1S(=O)(=O)NCC1CSCCS1. The first-order valence-electron chi connectivity index (χ1n) is 6.04. The fraction of sp³-hybridized carbons (Fsp3) is 0.500. The van der Waals surface area contributed by atoms with Gasteiger partial charge in [-0.1, -0.05) is 6.07 Å². The predicted molar refractivity (Wildman–Crippen MR) is 84.4 cm³/mol. The number of aryl methyl sites for hydroxylation is 1. The monoisotopic (exact) mass is 318 g/mol. The van der Waals surface area contributed by atoms with Crippen LogP contribution in [-0.2, 0) is 10.0 Å². The molecule has 4 nitrogen and oxygen atoms in total. The Labute approximate surface area is 123 Å². The normalized spacial score (nSPS) is 20.4. The van der Waals surface area contributed by atoms with Crippen LogP contribution in [-0.4, -0.2) is 37.5 Å². The lowest BCUT2D eigenvalue weighted by molar-refractivity contribution is 0.581. The van der Waals surface area contributed by atoms with Gasteiger partial charge in [0, 0.05) is 34.7 Å².